The smallest absolute Gasteiger partial charge is 0.164 e. The van der Waals surface area contributed by atoms with E-state index in [2.05, 4.69) is 152 Å². The normalized spacial score (nSPS) is 14.2. The van der Waals surface area contributed by atoms with Crippen LogP contribution in [0, 0.1) is 0 Å². The number of hydrogen-bond donors (Lipinski definition) is 0. The molecule has 0 N–H and O–H groups in total. The third kappa shape index (κ3) is 6.90. The van der Waals surface area contributed by atoms with Gasteiger partial charge in [0.05, 0.1) is 17.1 Å². The van der Waals surface area contributed by atoms with Gasteiger partial charge >= 0.3 is 0 Å². The summed E-state index contributed by atoms with van der Waals surface area (Å²) >= 11 is 0. The molecule has 0 amide bonds. The summed E-state index contributed by atoms with van der Waals surface area (Å²) in [5.74, 6) is 2.79. The van der Waals surface area contributed by atoms with E-state index in [0.717, 1.165) is 61.6 Å². The van der Waals surface area contributed by atoms with E-state index in [0.29, 0.717) is 23.3 Å². The van der Waals surface area contributed by atoms with Gasteiger partial charge in [-0.3, -0.25) is 4.98 Å². The van der Waals surface area contributed by atoms with Crippen LogP contribution in [0.25, 0.3) is 90.5 Å². The first kappa shape index (κ1) is 39.4. The van der Waals surface area contributed by atoms with Crippen molar-refractivity contribution in [3.8, 4) is 90.5 Å². The lowest BCUT2D eigenvalue weighted by atomic mass is 9.60. The number of aromatic nitrogens is 6. The van der Waals surface area contributed by atoms with Crippen LogP contribution in [-0.4, -0.2) is 29.9 Å². The quantitative estimate of drug-likeness (QED) is 0.151. The molecule has 11 aromatic rings. The lowest BCUT2D eigenvalue weighted by Gasteiger charge is -2.42. The number of nitrogens with zero attached hydrogens (tertiary/aromatic N) is 6. The molecule has 6 heteroatoms. The lowest BCUT2D eigenvalue weighted by Crippen LogP contribution is -2.27. The van der Waals surface area contributed by atoms with E-state index in [-0.39, 0.29) is 11.8 Å². The number of pyridine rings is 1. The van der Waals surface area contributed by atoms with Gasteiger partial charge in [-0.1, -0.05) is 188 Å². The summed E-state index contributed by atoms with van der Waals surface area (Å²) in [6.45, 7) is 0. The van der Waals surface area contributed by atoms with Gasteiger partial charge in [0.1, 0.15) is 0 Å². The van der Waals surface area contributed by atoms with Crippen LogP contribution < -0.4 is 0 Å². The minimum absolute atomic E-state index is 0.0652. The molecule has 3 aliphatic rings. The van der Waals surface area contributed by atoms with Crippen LogP contribution in [0.4, 0.5) is 0 Å². The van der Waals surface area contributed by atoms with E-state index < -0.39 is 0 Å². The van der Waals surface area contributed by atoms with E-state index >= 15 is 0 Å². The molecule has 0 spiro atoms. The fourth-order valence-corrected chi connectivity index (χ4v) is 10.2. The molecule has 3 aliphatic carbocycles. The fraction of sp³-hybridized carbons (Fsp3) is 0.0323. The molecule has 0 aliphatic heterocycles. The van der Waals surface area contributed by atoms with E-state index in [1.165, 1.54) is 38.9 Å². The standard InChI is InChI=1S/C62H40N6/c1-4-17-39(18-5-1)59-64-55(38-56(65-59)47-26-11-10-25-46(47)54-29-14-15-34-63-54)44-24-16-23-42(35-44)43-30-32-50-52(36-43)57-48-27-12-13-28-49(48)58(50)53-37-45(31-33-51(53)57)62-67-60(40-19-6-2-7-20-40)66-61(68-62)41-21-8-3-9-22-41/h1-38,57-58H. The molecular weight excluding hydrogens is 829 g/mol. The maximum Gasteiger partial charge on any atom is 0.164 e. The lowest BCUT2D eigenvalue weighted by molar-refractivity contribution is 0.755. The summed E-state index contributed by atoms with van der Waals surface area (Å²) in [6.07, 6.45) is 1.83. The predicted molar refractivity (Wildman–Crippen MR) is 271 cm³/mol. The highest BCUT2D eigenvalue weighted by Crippen LogP contribution is 2.56. The molecule has 2 atom stereocenters. The average Bonchev–Trinajstić information content (AvgIpc) is 3.43. The van der Waals surface area contributed by atoms with E-state index in [9.17, 15) is 0 Å². The fourth-order valence-electron chi connectivity index (χ4n) is 10.2. The van der Waals surface area contributed by atoms with Crippen LogP contribution in [0.2, 0.25) is 0 Å². The molecule has 3 heterocycles. The molecule has 8 aromatic carbocycles. The Morgan fingerprint density at radius 2 is 0.662 bits per heavy atom. The molecule has 0 radical (unpaired) electrons. The third-order valence-corrected chi connectivity index (χ3v) is 13.4. The Bertz CT molecular complexity index is 3630. The summed E-state index contributed by atoms with van der Waals surface area (Å²) in [5, 5.41) is 0. The van der Waals surface area contributed by atoms with Crippen molar-refractivity contribution < 1.29 is 0 Å². The summed E-state index contributed by atoms with van der Waals surface area (Å²) in [6, 6.07) is 78.7. The highest BCUT2D eigenvalue weighted by Gasteiger charge is 2.41. The molecule has 318 valence electrons. The van der Waals surface area contributed by atoms with Crippen molar-refractivity contribution in [1.29, 1.82) is 0 Å². The minimum atomic E-state index is 0.0652. The van der Waals surface area contributed by atoms with Gasteiger partial charge in [0.2, 0.25) is 0 Å². The van der Waals surface area contributed by atoms with Crippen molar-refractivity contribution in [3.63, 3.8) is 0 Å². The Morgan fingerprint density at radius 1 is 0.235 bits per heavy atom. The average molecular weight is 869 g/mol. The predicted octanol–water partition coefficient (Wildman–Crippen LogP) is 14.4. The molecule has 0 saturated heterocycles. The van der Waals surface area contributed by atoms with E-state index in [1.807, 2.05) is 79.0 Å². The topological polar surface area (TPSA) is 77.3 Å². The van der Waals surface area contributed by atoms with Crippen molar-refractivity contribution in [3.05, 3.63) is 264 Å². The maximum absolute atomic E-state index is 5.22. The second kappa shape index (κ2) is 16.5. The molecule has 0 fully saturated rings. The Labute approximate surface area is 394 Å². The zero-order valence-corrected chi connectivity index (χ0v) is 36.8. The van der Waals surface area contributed by atoms with Crippen LogP contribution >= 0.6 is 0 Å². The maximum atomic E-state index is 5.22. The van der Waals surface area contributed by atoms with Gasteiger partial charge in [-0.2, -0.15) is 0 Å². The molecule has 14 rings (SSSR count). The molecule has 6 nitrogen and oxygen atoms in total. The van der Waals surface area contributed by atoms with Crippen molar-refractivity contribution >= 4 is 0 Å². The summed E-state index contributed by atoms with van der Waals surface area (Å²) in [4.78, 5) is 30.2. The van der Waals surface area contributed by atoms with Crippen LogP contribution in [0.3, 0.4) is 0 Å². The van der Waals surface area contributed by atoms with Crippen molar-refractivity contribution in [2.24, 2.45) is 0 Å². The van der Waals surface area contributed by atoms with E-state index in [4.69, 9.17) is 29.9 Å². The zero-order chi connectivity index (χ0) is 45.0. The number of hydrogen-bond acceptors (Lipinski definition) is 6. The Kier molecular flexibility index (Phi) is 9.53. The number of rotatable bonds is 8. The van der Waals surface area contributed by atoms with Crippen LogP contribution in [-0.2, 0) is 0 Å². The summed E-state index contributed by atoms with van der Waals surface area (Å²) < 4.78 is 0. The molecule has 68 heavy (non-hydrogen) atoms. The highest BCUT2D eigenvalue weighted by molar-refractivity contribution is 5.84. The van der Waals surface area contributed by atoms with Crippen LogP contribution in [0.15, 0.2) is 231 Å². The van der Waals surface area contributed by atoms with Gasteiger partial charge in [0, 0.05) is 57.0 Å². The van der Waals surface area contributed by atoms with Crippen molar-refractivity contribution in [1.82, 2.24) is 29.9 Å². The second-order valence-electron chi connectivity index (χ2n) is 17.4. The SMILES string of the molecule is c1ccc(-c2nc(-c3cccc(-c4ccc5c(c4)C4c6ccccc6C5c5cc(-c6nc(-c7ccccc7)nc(-c7ccccc7)n6)ccc54)c3)cc(-c3ccccc3-c3ccccn3)n2)cc1. The van der Waals surface area contributed by atoms with Gasteiger partial charge in [0.25, 0.3) is 0 Å². The third-order valence-electron chi connectivity index (χ3n) is 13.4. The first-order valence-electron chi connectivity index (χ1n) is 23.0. The Hall–Kier alpha value is -9.00. The van der Waals surface area contributed by atoms with Gasteiger partial charge in [-0.05, 0) is 80.9 Å². The monoisotopic (exact) mass is 868 g/mol. The summed E-state index contributed by atoms with van der Waals surface area (Å²) in [5.41, 5.74) is 19.8. The first-order chi connectivity index (χ1) is 33.7. The van der Waals surface area contributed by atoms with Crippen molar-refractivity contribution in [2.75, 3.05) is 0 Å². The van der Waals surface area contributed by atoms with Gasteiger partial charge in [0.15, 0.2) is 23.3 Å². The van der Waals surface area contributed by atoms with Crippen LogP contribution in [0.5, 0.6) is 0 Å². The molecule has 3 aromatic heterocycles. The largest absolute Gasteiger partial charge is 0.256 e. The number of benzene rings is 8. The van der Waals surface area contributed by atoms with Gasteiger partial charge in [-0.25, -0.2) is 24.9 Å². The minimum Gasteiger partial charge on any atom is -0.256 e. The molecule has 0 saturated carbocycles. The second-order valence-corrected chi connectivity index (χ2v) is 17.4. The van der Waals surface area contributed by atoms with E-state index in [1.54, 1.807) is 0 Å². The molecule has 2 unspecified atom stereocenters. The van der Waals surface area contributed by atoms with Crippen LogP contribution in [0.1, 0.15) is 45.2 Å². The summed E-state index contributed by atoms with van der Waals surface area (Å²) in [7, 11) is 0. The van der Waals surface area contributed by atoms with Gasteiger partial charge in [-0.15, -0.1) is 0 Å². The van der Waals surface area contributed by atoms with Crippen molar-refractivity contribution in [2.45, 2.75) is 11.8 Å². The molecular formula is C62H40N6. The zero-order valence-electron chi connectivity index (χ0n) is 36.8. The Morgan fingerprint density at radius 3 is 1.25 bits per heavy atom. The first-order valence-corrected chi connectivity index (χ1v) is 23.0. The van der Waals surface area contributed by atoms with Gasteiger partial charge < -0.3 is 0 Å². The molecule has 2 bridgehead atoms. The highest BCUT2D eigenvalue weighted by atomic mass is 15.0. The Balaban J connectivity index is 0.899.